The van der Waals surface area contributed by atoms with Crippen LogP contribution in [0.15, 0.2) is 42.6 Å². The molecule has 1 aromatic carbocycles. The topological polar surface area (TPSA) is 84.2 Å². The van der Waals surface area contributed by atoms with Crippen LogP contribution in [-0.4, -0.2) is 26.8 Å². The lowest BCUT2D eigenvalue weighted by Crippen LogP contribution is -2.35. The molecule has 0 aliphatic heterocycles. The molecule has 0 unspecified atom stereocenters. The number of hydrogen-bond acceptors (Lipinski definition) is 3. The van der Waals surface area contributed by atoms with Gasteiger partial charge in [0.15, 0.2) is 6.04 Å². The van der Waals surface area contributed by atoms with E-state index in [2.05, 4.69) is 10.4 Å². The molecule has 1 amide bonds. The molecule has 120 valence electrons. The molecule has 0 saturated heterocycles. The van der Waals surface area contributed by atoms with Gasteiger partial charge in [-0.1, -0.05) is 43.2 Å². The number of benzene rings is 1. The zero-order chi connectivity index (χ0) is 16.2. The van der Waals surface area contributed by atoms with Crippen molar-refractivity contribution in [1.82, 2.24) is 15.1 Å². The zero-order valence-electron chi connectivity index (χ0n) is 12.7. The van der Waals surface area contributed by atoms with E-state index in [1.165, 1.54) is 0 Å². The van der Waals surface area contributed by atoms with Crippen LogP contribution in [0.25, 0.3) is 0 Å². The van der Waals surface area contributed by atoms with E-state index < -0.39 is 17.9 Å². The van der Waals surface area contributed by atoms with Crippen molar-refractivity contribution < 1.29 is 14.7 Å². The van der Waals surface area contributed by atoms with Crippen LogP contribution >= 0.6 is 0 Å². The molecule has 0 bridgehead atoms. The molecule has 2 N–H and O–H groups in total. The third-order valence-corrected chi connectivity index (χ3v) is 4.23. The largest absolute Gasteiger partial charge is 0.479 e. The zero-order valence-corrected chi connectivity index (χ0v) is 12.7. The van der Waals surface area contributed by atoms with Crippen LogP contribution in [0.2, 0.25) is 0 Å². The maximum Gasteiger partial charge on any atom is 0.330 e. The molecule has 1 atom stereocenters. The lowest BCUT2D eigenvalue weighted by atomic mass is 10.1. The maximum absolute atomic E-state index is 12.5. The molecular formula is C17H19N3O3. The van der Waals surface area contributed by atoms with Crippen molar-refractivity contribution >= 4 is 11.9 Å². The Morgan fingerprint density at radius 2 is 1.87 bits per heavy atom. The second-order valence-electron chi connectivity index (χ2n) is 5.75. The number of aliphatic carboxylic acids is 1. The van der Waals surface area contributed by atoms with E-state index >= 15 is 0 Å². The van der Waals surface area contributed by atoms with E-state index in [1.54, 1.807) is 47.3 Å². The Bertz CT molecular complexity index is 690. The van der Waals surface area contributed by atoms with Crippen LogP contribution in [0.1, 0.15) is 53.8 Å². The molecule has 2 aromatic rings. The highest BCUT2D eigenvalue weighted by Crippen LogP contribution is 2.29. The van der Waals surface area contributed by atoms with Gasteiger partial charge >= 0.3 is 5.97 Å². The van der Waals surface area contributed by atoms with Gasteiger partial charge in [-0.05, 0) is 24.5 Å². The van der Waals surface area contributed by atoms with Crippen LogP contribution in [0.4, 0.5) is 0 Å². The molecule has 1 aromatic heterocycles. The van der Waals surface area contributed by atoms with Crippen molar-refractivity contribution in [3.8, 4) is 0 Å². The molecule has 1 aliphatic carbocycles. The van der Waals surface area contributed by atoms with Gasteiger partial charge in [0, 0.05) is 6.20 Å². The van der Waals surface area contributed by atoms with Crippen molar-refractivity contribution in [2.75, 3.05) is 0 Å². The first-order valence-electron chi connectivity index (χ1n) is 7.79. The number of carboxylic acids is 1. The average Bonchev–Trinajstić information content (AvgIpc) is 3.23. The van der Waals surface area contributed by atoms with Crippen molar-refractivity contribution in [3.63, 3.8) is 0 Å². The van der Waals surface area contributed by atoms with Gasteiger partial charge in [0.05, 0.1) is 6.04 Å². The molecule has 1 aliphatic rings. The SMILES string of the molecule is O=C(N[C@H](C(=O)O)c1ccccc1)c1ccnn1C1CCCC1. The number of carbonyl (C=O) groups is 2. The molecule has 6 nitrogen and oxygen atoms in total. The van der Waals surface area contributed by atoms with Crippen molar-refractivity contribution in [1.29, 1.82) is 0 Å². The molecule has 1 fully saturated rings. The first-order chi connectivity index (χ1) is 11.2. The van der Waals surface area contributed by atoms with Gasteiger partial charge in [-0.3, -0.25) is 9.48 Å². The van der Waals surface area contributed by atoms with Gasteiger partial charge in [-0.15, -0.1) is 0 Å². The molecule has 6 heteroatoms. The van der Waals surface area contributed by atoms with E-state index in [0.29, 0.717) is 11.3 Å². The Labute approximate surface area is 134 Å². The molecule has 1 heterocycles. The third kappa shape index (κ3) is 3.26. The second-order valence-corrected chi connectivity index (χ2v) is 5.75. The summed E-state index contributed by atoms with van der Waals surface area (Å²) in [5, 5.41) is 16.3. The number of carboxylic acid groups (broad SMARTS) is 1. The normalized spacial score (nSPS) is 16.2. The second kappa shape index (κ2) is 6.64. The summed E-state index contributed by atoms with van der Waals surface area (Å²) in [6, 6.07) is 9.47. The van der Waals surface area contributed by atoms with E-state index in [4.69, 9.17) is 0 Å². The van der Waals surface area contributed by atoms with Gasteiger partial charge in [0.2, 0.25) is 0 Å². The molecule has 3 rings (SSSR count). The summed E-state index contributed by atoms with van der Waals surface area (Å²) in [6.45, 7) is 0. The minimum absolute atomic E-state index is 0.228. The number of rotatable bonds is 5. The Morgan fingerprint density at radius 3 is 2.52 bits per heavy atom. The fourth-order valence-corrected chi connectivity index (χ4v) is 3.07. The summed E-state index contributed by atoms with van der Waals surface area (Å²) in [6.07, 6.45) is 5.86. The van der Waals surface area contributed by atoms with Crippen LogP contribution < -0.4 is 5.32 Å². The summed E-state index contributed by atoms with van der Waals surface area (Å²) in [4.78, 5) is 24.0. The minimum Gasteiger partial charge on any atom is -0.479 e. The first-order valence-corrected chi connectivity index (χ1v) is 7.79. The summed E-state index contributed by atoms with van der Waals surface area (Å²) in [7, 11) is 0. The van der Waals surface area contributed by atoms with E-state index in [1.807, 2.05) is 0 Å². The highest BCUT2D eigenvalue weighted by atomic mass is 16.4. The number of hydrogen-bond donors (Lipinski definition) is 2. The quantitative estimate of drug-likeness (QED) is 0.888. The van der Waals surface area contributed by atoms with Gasteiger partial charge < -0.3 is 10.4 Å². The van der Waals surface area contributed by atoms with Crippen molar-refractivity contribution in [3.05, 3.63) is 53.9 Å². The Morgan fingerprint density at radius 1 is 1.17 bits per heavy atom. The number of nitrogens with one attached hydrogen (secondary N) is 1. The van der Waals surface area contributed by atoms with Gasteiger partial charge in [0.1, 0.15) is 5.69 Å². The third-order valence-electron chi connectivity index (χ3n) is 4.23. The fraction of sp³-hybridized carbons (Fsp3) is 0.353. The lowest BCUT2D eigenvalue weighted by molar-refractivity contribution is -0.139. The average molecular weight is 313 g/mol. The summed E-state index contributed by atoms with van der Waals surface area (Å²) in [5.74, 6) is -1.50. The molecule has 0 spiro atoms. The van der Waals surface area contributed by atoms with Crippen LogP contribution in [0.5, 0.6) is 0 Å². The van der Waals surface area contributed by atoms with Crippen LogP contribution in [0, 0.1) is 0 Å². The molecule has 0 radical (unpaired) electrons. The van der Waals surface area contributed by atoms with Crippen molar-refractivity contribution in [2.24, 2.45) is 0 Å². The lowest BCUT2D eigenvalue weighted by Gasteiger charge is -2.17. The minimum atomic E-state index is -1.09. The van der Waals surface area contributed by atoms with E-state index in [9.17, 15) is 14.7 Å². The van der Waals surface area contributed by atoms with Gasteiger partial charge in [0.25, 0.3) is 5.91 Å². The summed E-state index contributed by atoms with van der Waals surface area (Å²) < 4.78 is 1.73. The Hall–Kier alpha value is -2.63. The number of carbonyl (C=O) groups excluding carboxylic acids is 1. The number of aromatic nitrogens is 2. The maximum atomic E-state index is 12.5. The number of nitrogens with zero attached hydrogens (tertiary/aromatic N) is 2. The van der Waals surface area contributed by atoms with Crippen molar-refractivity contribution in [2.45, 2.75) is 37.8 Å². The van der Waals surface area contributed by atoms with E-state index in [-0.39, 0.29) is 6.04 Å². The van der Waals surface area contributed by atoms with Crippen LogP contribution in [-0.2, 0) is 4.79 Å². The molecule has 1 saturated carbocycles. The van der Waals surface area contributed by atoms with E-state index in [0.717, 1.165) is 25.7 Å². The van der Waals surface area contributed by atoms with Crippen LogP contribution in [0.3, 0.4) is 0 Å². The first kappa shape index (κ1) is 15.3. The summed E-state index contributed by atoms with van der Waals surface area (Å²) in [5.41, 5.74) is 0.958. The monoisotopic (exact) mass is 313 g/mol. The Kier molecular flexibility index (Phi) is 4.41. The molecular weight excluding hydrogens is 294 g/mol. The highest BCUT2D eigenvalue weighted by molar-refractivity contribution is 5.95. The Balaban J connectivity index is 1.80. The predicted octanol–water partition coefficient (Wildman–Crippen LogP) is 2.55. The fourth-order valence-electron chi connectivity index (χ4n) is 3.07. The highest BCUT2D eigenvalue weighted by Gasteiger charge is 2.26. The van der Waals surface area contributed by atoms with Gasteiger partial charge in [-0.2, -0.15) is 5.10 Å². The predicted molar refractivity (Wildman–Crippen MR) is 84.0 cm³/mol. The standard InChI is InChI=1S/C17H19N3O3/c21-16(14-10-11-18-20(14)13-8-4-5-9-13)19-15(17(22)23)12-6-2-1-3-7-12/h1-3,6-7,10-11,13,15H,4-5,8-9H2,(H,19,21)(H,22,23)/t15-/m0/s1. The summed E-state index contributed by atoms with van der Waals surface area (Å²) >= 11 is 0. The molecule has 23 heavy (non-hydrogen) atoms. The number of amides is 1. The van der Waals surface area contributed by atoms with Gasteiger partial charge in [-0.25, -0.2) is 4.79 Å². The smallest absolute Gasteiger partial charge is 0.330 e.